The van der Waals surface area contributed by atoms with Crippen LogP contribution in [-0.4, -0.2) is 48.4 Å². The monoisotopic (exact) mass is 265 g/mol. The fourth-order valence-corrected chi connectivity index (χ4v) is 3.31. The molecular weight excluding hydrogens is 238 g/mol. The summed E-state index contributed by atoms with van der Waals surface area (Å²) >= 11 is 0. The maximum Gasteiger partial charge on any atom is 0.240 e. The SMILES string of the molecule is CC1CCCN(CC(=O)N(C)C2=CCCC2)C1CN. The summed E-state index contributed by atoms with van der Waals surface area (Å²) in [7, 11) is 1.91. The Hall–Kier alpha value is -0.870. The lowest BCUT2D eigenvalue weighted by atomic mass is 9.91. The van der Waals surface area contributed by atoms with Gasteiger partial charge in [0.15, 0.2) is 0 Å². The molecule has 1 amide bonds. The van der Waals surface area contributed by atoms with Gasteiger partial charge in [-0.3, -0.25) is 9.69 Å². The molecule has 0 radical (unpaired) electrons. The van der Waals surface area contributed by atoms with Gasteiger partial charge in [-0.15, -0.1) is 0 Å². The molecule has 1 fully saturated rings. The van der Waals surface area contributed by atoms with Gasteiger partial charge in [0.25, 0.3) is 0 Å². The van der Waals surface area contributed by atoms with Crippen molar-refractivity contribution in [2.24, 2.45) is 11.7 Å². The van der Waals surface area contributed by atoms with E-state index in [1.54, 1.807) is 0 Å². The molecule has 0 aromatic carbocycles. The molecule has 19 heavy (non-hydrogen) atoms. The van der Waals surface area contributed by atoms with Gasteiger partial charge in [0.2, 0.25) is 5.91 Å². The third-order valence-corrected chi connectivity index (χ3v) is 4.63. The Morgan fingerprint density at radius 1 is 1.53 bits per heavy atom. The number of likely N-dealkylation sites (tertiary alicyclic amines) is 1. The molecule has 0 bridgehead atoms. The van der Waals surface area contributed by atoms with Gasteiger partial charge in [0.05, 0.1) is 6.54 Å². The second-order valence-corrected chi connectivity index (χ2v) is 5.93. The first-order valence-electron chi connectivity index (χ1n) is 7.53. The number of allylic oxidation sites excluding steroid dienone is 2. The Balaban J connectivity index is 1.93. The molecule has 2 rings (SSSR count). The number of likely N-dealkylation sites (N-methyl/N-ethyl adjacent to an activating group) is 1. The third kappa shape index (κ3) is 3.37. The van der Waals surface area contributed by atoms with Gasteiger partial charge in [-0.25, -0.2) is 0 Å². The zero-order chi connectivity index (χ0) is 13.8. The highest BCUT2D eigenvalue weighted by Crippen LogP contribution is 2.24. The van der Waals surface area contributed by atoms with E-state index in [-0.39, 0.29) is 5.91 Å². The molecule has 0 aromatic heterocycles. The first-order chi connectivity index (χ1) is 9.13. The molecule has 2 unspecified atom stereocenters. The lowest BCUT2D eigenvalue weighted by Gasteiger charge is -2.39. The van der Waals surface area contributed by atoms with Crippen LogP contribution in [0, 0.1) is 5.92 Å². The fourth-order valence-electron chi connectivity index (χ4n) is 3.31. The minimum atomic E-state index is 0.209. The van der Waals surface area contributed by atoms with E-state index in [1.165, 1.54) is 25.0 Å². The van der Waals surface area contributed by atoms with Crippen molar-refractivity contribution in [3.05, 3.63) is 11.8 Å². The molecule has 1 aliphatic carbocycles. The average molecular weight is 265 g/mol. The Morgan fingerprint density at radius 3 is 2.95 bits per heavy atom. The topological polar surface area (TPSA) is 49.6 Å². The summed E-state index contributed by atoms with van der Waals surface area (Å²) in [4.78, 5) is 16.5. The number of hydrogen-bond acceptors (Lipinski definition) is 3. The minimum Gasteiger partial charge on any atom is -0.329 e. The van der Waals surface area contributed by atoms with Crippen LogP contribution in [0.1, 0.15) is 39.0 Å². The number of carbonyl (C=O) groups excluding carboxylic acids is 1. The highest BCUT2D eigenvalue weighted by molar-refractivity contribution is 5.79. The van der Waals surface area contributed by atoms with Crippen LogP contribution < -0.4 is 5.73 Å². The van der Waals surface area contributed by atoms with E-state index < -0.39 is 0 Å². The molecule has 1 aliphatic heterocycles. The molecule has 1 saturated heterocycles. The van der Waals surface area contributed by atoms with Gasteiger partial charge in [-0.05, 0) is 44.6 Å². The predicted octanol–water partition coefficient (Wildman–Crippen LogP) is 1.57. The van der Waals surface area contributed by atoms with Crippen molar-refractivity contribution in [1.82, 2.24) is 9.80 Å². The van der Waals surface area contributed by atoms with Crippen molar-refractivity contribution < 1.29 is 4.79 Å². The molecular formula is C15H27N3O. The number of nitrogens with two attached hydrogens (primary N) is 1. The fraction of sp³-hybridized carbons (Fsp3) is 0.800. The van der Waals surface area contributed by atoms with Gasteiger partial charge in [0.1, 0.15) is 0 Å². The van der Waals surface area contributed by atoms with Crippen LogP contribution in [0.3, 0.4) is 0 Å². The van der Waals surface area contributed by atoms with Crippen LogP contribution in [0.5, 0.6) is 0 Å². The predicted molar refractivity (Wildman–Crippen MR) is 77.5 cm³/mol. The molecule has 0 saturated carbocycles. The second-order valence-electron chi connectivity index (χ2n) is 5.93. The van der Waals surface area contributed by atoms with E-state index in [9.17, 15) is 4.79 Å². The lowest BCUT2D eigenvalue weighted by Crippen LogP contribution is -2.51. The van der Waals surface area contributed by atoms with E-state index in [2.05, 4.69) is 17.9 Å². The van der Waals surface area contributed by atoms with Crippen molar-refractivity contribution >= 4 is 5.91 Å². The van der Waals surface area contributed by atoms with Crippen LogP contribution in [0.15, 0.2) is 11.8 Å². The van der Waals surface area contributed by atoms with Crippen molar-refractivity contribution in [3.8, 4) is 0 Å². The summed E-state index contributed by atoms with van der Waals surface area (Å²) in [5.41, 5.74) is 7.07. The van der Waals surface area contributed by atoms with Crippen molar-refractivity contribution in [3.63, 3.8) is 0 Å². The summed E-state index contributed by atoms with van der Waals surface area (Å²) in [6, 6.07) is 0.364. The maximum absolute atomic E-state index is 12.4. The van der Waals surface area contributed by atoms with E-state index in [0.717, 1.165) is 19.4 Å². The first-order valence-corrected chi connectivity index (χ1v) is 7.53. The van der Waals surface area contributed by atoms with Crippen LogP contribution in [0.25, 0.3) is 0 Å². The Morgan fingerprint density at radius 2 is 2.32 bits per heavy atom. The normalized spacial score (nSPS) is 28.3. The van der Waals surface area contributed by atoms with Crippen LogP contribution in [0.2, 0.25) is 0 Å². The van der Waals surface area contributed by atoms with E-state index in [1.807, 2.05) is 11.9 Å². The first kappa shape index (κ1) is 14.5. The molecule has 2 N–H and O–H groups in total. The quantitative estimate of drug-likeness (QED) is 0.839. The summed E-state index contributed by atoms with van der Waals surface area (Å²) in [6.45, 7) is 4.42. The summed E-state index contributed by atoms with van der Waals surface area (Å²) in [5, 5.41) is 0. The number of amides is 1. The highest BCUT2D eigenvalue weighted by Gasteiger charge is 2.29. The molecule has 4 heteroatoms. The van der Waals surface area contributed by atoms with Crippen molar-refractivity contribution in [1.29, 1.82) is 0 Å². The molecule has 108 valence electrons. The highest BCUT2D eigenvalue weighted by atomic mass is 16.2. The molecule has 0 spiro atoms. The van der Waals surface area contributed by atoms with Gasteiger partial charge < -0.3 is 10.6 Å². The third-order valence-electron chi connectivity index (χ3n) is 4.63. The Kier molecular flexibility index (Phi) is 4.99. The van der Waals surface area contributed by atoms with Crippen molar-refractivity contribution in [2.45, 2.75) is 45.1 Å². The van der Waals surface area contributed by atoms with Crippen LogP contribution >= 0.6 is 0 Å². The number of hydrogen-bond donors (Lipinski definition) is 1. The van der Waals surface area contributed by atoms with E-state index in [0.29, 0.717) is 25.0 Å². The van der Waals surface area contributed by atoms with E-state index >= 15 is 0 Å². The van der Waals surface area contributed by atoms with Gasteiger partial charge in [0, 0.05) is 25.3 Å². The largest absolute Gasteiger partial charge is 0.329 e. The second kappa shape index (κ2) is 6.53. The maximum atomic E-state index is 12.4. The number of nitrogens with zero attached hydrogens (tertiary/aromatic N) is 2. The zero-order valence-corrected chi connectivity index (χ0v) is 12.3. The zero-order valence-electron chi connectivity index (χ0n) is 12.3. The van der Waals surface area contributed by atoms with Gasteiger partial charge in [-0.2, -0.15) is 0 Å². The number of carbonyl (C=O) groups is 1. The summed E-state index contributed by atoms with van der Waals surface area (Å²) in [6.07, 6.45) is 7.93. The van der Waals surface area contributed by atoms with Gasteiger partial charge >= 0.3 is 0 Å². The Bertz CT molecular complexity index is 353. The molecule has 4 nitrogen and oxygen atoms in total. The smallest absolute Gasteiger partial charge is 0.240 e. The van der Waals surface area contributed by atoms with Crippen molar-refractivity contribution in [2.75, 3.05) is 26.7 Å². The summed E-state index contributed by atoms with van der Waals surface area (Å²) in [5.74, 6) is 0.809. The molecule has 1 heterocycles. The summed E-state index contributed by atoms with van der Waals surface area (Å²) < 4.78 is 0. The minimum absolute atomic E-state index is 0.209. The molecule has 0 aromatic rings. The van der Waals surface area contributed by atoms with Crippen LogP contribution in [-0.2, 0) is 4.79 Å². The number of piperidine rings is 1. The average Bonchev–Trinajstić information content (AvgIpc) is 2.92. The molecule has 2 atom stereocenters. The molecule has 2 aliphatic rings. The number of rotatable bonds is 4. The lowest BCUT2D eigenvalue weighted by molar-refractivity contribution is -0.130. The van der Waals surface area contributed by atoms with Crippen LogP contribution in [0.4, 0.5) is 0 Å². The standard InChI is InChI=1S/C15H27N3O/c1-12-6-5-9-18(14(12)10-16)11-15(19)17(2)13-7-3-4-8-13/h7,12,14H,3-6,8-11,16H2,1-2H3. The Labute approximate surface area is 116 Å². The van der Waals surface area contributed by atoms with E-state index in [4.69, 9.17) is 5.73 Å². The van der Waals surface area contributed by atoms with Gasteiger partial charge in [-0.1, -0.05) is 13.0 Å².